The highest BCUT2D eigenvalue weighted by Gasteiger charge is 2.39. The van der Waals surface area contributed by atoms with Gasteiger partial charge in [0, 0.05) is 30.1 Å². The number of ether oxygens (including phenoxy) is 1. The molecule has 2 saturated heterocycles. The molecule has 2 aliphatic heterocycles. The van der Waals surface area contributed by atoms with E-state index in [9.17, 15) is 4.79 Å². The fraction of sp³-hybridized carbons (Fsp3) is 0.444. The van der Waals surface area contributed by atoms with Crippen LogP contribution in [0.5, 0.6) is 0 Å². The topological polar surface area (TPSA) is 70.2 Å². The molecule has 2 N–H and O–H groups in total. The maximum Gasteiger partial charge on any atom is 0.272 e. The summed E-state index contributed by atoms with van der Waals surface area (Å²) in [6, 6.07) is 8.54. The number of para-hydroxylation sites is 1. The highest BCUT2D eigenvalue weighted by atomic mass is 16.5. The molecule has 0 unspecified atom stereocenters. The summed E-state index contributed by atoms with van der Waals surface area (Å²) in [4.78, 5) is 15.1. The lowest BCUT2D eigenvalue weighted by Crippen LogP contribution is -2.60. The highest BCUT2D eigenvalue weighted by molar-refractivity contribution is 6.04. The first-order valence-electron chi connectivity index (χ1n) is 8.44. The second kappa shape index (κ2) is 6.37. The van der Waals surface area contributed by atoms with Gasteiger partial charge in [0.05, 0.1) is 18.7 Å². The lowest BCUT2D eigenvalue weighted by molar-refractivity contribution is -0.0744. The maximum absolute atomic E-state index is 12.7. The Morgan fingerprint density at radius 1 is 1.38 bits per heavy atom. The average Bonchev–Trinajstić information content (AvgIpc) is 3.00. The van der Waals surface area contributed by atoms with E-state index in [4.69, 9.17) is 4.74 Å². The molecule has 1 amide bonds. The lowest BCUT2D eigenvalue weighted by Gasteiger charge is -2.48. The Morgan fingerprint density at radius 3 is 2.88 bits per heavy atom. The van der Waals surface area contributed by atoms with Gasteiger partial charge in [0.1, 0.15) is 0 Å². The van der Waals surface area contributed by atoms with Crippen LogP contribution in [0.3, 0.4) is 0 Å². The first-order chi connectivity index (χ1) is 11.8. The van der Waals surface area contributed by atoms with Crippen molar-refractivity contribution in [1.29, 1.82) is 0 Å². The summed E-state index contributed by atoms with van der Waals surface area (Å²) in [6.45, 7) is 6.18. The van der Waals surface area contributed by atoms with Crippen LogP contribution >= 0.6 is 0 Å². The fourth-order valence-corrected chi connectivity index (χ4v) is 3.95. The van der Waals surface area contributed by atoms with Crippen molar-refractivity contribution >= 4 is 16.8 Å². The minimum atomic E-state index is -0.103. The quantitative estimate of drug-likeness (QED) is 0.839. The van der Waals surface area contributed by atoms with E-state index in [1.165, 1.54) is 0 Å². The summed E-state index contributed by atoms with van der Waals surface area (Å²) in [5, 5.41) is 11.2. The highest BCUT2D eigenvalue weighted by Crippen LogP contribution is 2.28. The molecular weight excluding hydrogens is 304 g/mol. The van der Waals surface area contributed by atoms with Gasteiger partial charge in [-0.05, 0) is 18.9 Å². The summed E-state index contributed by atoms with van der Waals surface area (Å²) in [5.74, 6) is -0.103. The van der Waals surface area contributed by atoms with Crippen molar-refractivity contribution in [3.8, 4) is 0 Å². The largest absolute Gasteiger partial charge is 0.378 e. The summed E-state index contributed by atoms with van der Waals surface area (Å²) in [7, 11) is 0. The van der Waals surface area contributed by atoms with Gasteiger partial charge in [0.2, 0.25) is 0 Å². The molecule has 2 bridgehead atoms. The van der Waals surface area contributed by atoms with E-state index < -0.39 is 0 Å². The lowest BCUT2D eigenvalue weighted by atomic mass is 9.90. The molecule has 0 aliphatic carbocycles. The normalized spacial score (nSPS) is 27.1. The van der Waals surface area contributed by atoms with Crippen molar-refractivity contribution in [2.24, 2.45) is 0 Å². The van der Waals surface area contributed by atoms with E-state index in [0.717, 1.165) is 43.5 Å². The maximum atomic E-state index is 12.7. The van der Waals surface area contributed by atoms with Crippen molar-refractivity contribution in [3.63, 3.8) is 0 Å². The second-order valence-electron chi connectivity index (χ2n) is 6.59. The number of carbonyl (C=O) groups excluding carboxylic acids is 1. The zero-order chi connectivity index (χ0) is 16.5. The molecule has 6 nitrogen and oxygen atoms in total. The molecule has 1 aromatic heterocycles. The third kappa shape index (κ3) is 2.72. The molecule has 2 aromatic rings. The Balaban J connectivity index is 1.48. The fourth-order valence-electron chi connectivity index (χ4n) is 3.95. The summed E-state index contributed by atoms with van der Waals surface area (Å²) < 4.78 is 5.69. The van der Waals surface area contributed by atoms with Gasteiger partial charge in [0.25, 0.3) is 5.91 Å². The third-order valence-electron chi connectivity index (χ3n) is 5.03. The Labute approximate surface area is 140 Å². The molecule has 1 aromatic carbocycles. The zero-order valence-electron chi connectivity index (χ0n) is 13.6. The number of aromatic amines is 1. The molecule has 6 heteroatoms. The van der Waals surface area contributed by atoms with Crippen LogP contribution in [-0.4, -0.2) is 58.9 Å². The molecule has 2 aliphatic rings. The van der Waals surface area contributed by atoms with Gasteiger partial charge in [-0.25, -0.2) is 0 Å². The number of benzene rings is 1. The van der Waals surface area contributed by atoms with Crippen LogP contribution < -0.4 is 5.32 Å². The van der Waals surface area contributed by atoms with Gasteiger partial charge < -0.3 is 10.1 Å². The van der Waals surface area contributed by atoms with E-state index in [1.807, 2.05) is 30.3 Å². The molecule has 126 valence electrons. The number of hydrogen-bond acceptors (Lipinski definition) is 4. The minimum absolute atomic E-state index is 0.103. The first kappa shape index (κ1) is 15.4. The smallest absolute Gasteiger partial charge is 0.272 e. The molecule has 3 atom stereocenters. The van der Waals surface area contributed by atoms with Crippen LogP contribution in [0.2, 0.25) is 0 Å². The number of fused-ring (bicyclic) bond motifs is 3. The van der Waals surface area contributed by atoms with Crippen molar-refractivity contribution < 1.29 is 9.53 Å². The molecule has 0 radical (unpaired) electrons. The van der Waals surface area contributed by atoms with Crippen LogP contribution in [-0.2, 0) is 4.74 Å². The van der Waals surface area contributed by atoms with Gasteiger partial charge >= 0.3 is 0 Å². The van der Waals surface area contributed by atoms with Crippen LogP contribution in [0.4, 0.5) is 0 Å². The van der Waals surface area contributed by atoms with E-state index in [0.29, 0.717) is 17.8 Å². The van der Waals surface area contributed by atoms with Crippen LogP contribution in [0.15, 0.2) is 36.9 Å². The Hall–Kier alpha value is -2.18. The monoisotopic (exact) mass is 326 g/mol. The number of aromatic nitrogens is 2. The molecule has 4 rings (SSSR count). The van der Waals surface area contributed by atoms with Crippen LogP contribution in [0.1, 0.15) is 23.3 Å². The average molecular weight is 326 g/mol. The number of hydrogen-bond donors (Lipinski definition) is 2. The van der Waals surface area contributed by atoms with Gasteiger partial charge in [-0.2, -0.15) is 5.10 Å². The number of nitrogens with zero attached hydrogens (tertiary/aromatic N) is 2. The molecule has 0 saturated carbocycles. The molecular formula is C18H22N4O2. The van der Waals surface area contributed by atoms with E-state index in [-0.39, 0.29) is 11.9 Å². The standard InChI is InChI=1S/C18H22N4O2/c1-2-7-22-13-8-12(9-14(22)11-24-10-13)19-18(23)17-15-5-3-4-6-16(15)20-21-17/h2-6,12-14H,1,7-11H2,(H,19,23)(H,20,21)/t12-,13-,14+. The Kier molecular flexibility index (Phi) is 4.08. The SMILES string of the molecule is C=CCN1[C@@H]2COC[C@H]1C[C@@H](NC(=O)c1n[nH]c3ccccc13)C2. The minimum Gasteiger partial charge on any atom is -0.378 e. The van der Waals surface area contributed by atoms with Gasteiger partial charge in [-0.1, -0.05) is 24.3 Å². The van der Waals surface area contributed by atoms with E-state index in [1.54, 1.807) is 0 Å². The molecule has 24 heavy (non-hydrogen) atoms. The predicted octanol–water partition coefficient (Wildman–Crippen LogP) is 1.71. The third-order valence-corrected chi connectivity index (χ3v) is 5.03. The number of amides is 1. The zero-order valence-corrected chi connectivity index (χ0v) is 13.6. The van der Waals surface area contributed by atoms with Gasteiger partial charge in [-0.15, -0.1) is 6.58 Å². The second-order valence-corrected chi connectivity index (χ2v) is 6.59. The van der Waals surface area contributed by atoms with E-state index >= 15 is 0 Å². The predicted molar refractivity (Wildman–Crippen MR) is 91.9 cm³/mol. The van der Waals surface area contributed by atoms with Crippen LogP contribution in [0, 0.1) is 0 Å². The number of nitrogens with one attached hydrogen (secondary N) is 2. The Bertz CT molecular complexity index is 742. The number of carbonyl (C=O) groups is 1. The van der Waals surface area contributed by atoms with Crippen molar-refractivity contribution in [2.45, 2.75) is 31.0 Å². The number of piperidine rings is 1. The van der Waals surface area contributed by atoms with Gasteiger partial charge in [-0.3, -0.25) is 14.8 Å². The summed E-state index contributed by atoms with van der Waals surface area (Å²) >= 11 is 0. The molecule has 0 spiro atoms. The van der Waals surface area contributed by atoms with Crippen molar-refractivity contribution in [2.75, 3.05) is 19.8 Å². The van der Waals surface area contributed by atoms with Crippen molar-refractivity contribution in [1.82, 2.24) is 20.4 Å². The van der Waals surface area contributed by atoms with Gasteiger partial charge in [0.15, 0.2) is 5.69 Å². The van der Waals surface area contributed by atoms with E-state index in [2.05, 4.69) is 27.0 Å². The molecule has 3 heterocycles. The first-order valence-corrected chi connectivity index (χ1v) is 8.44. The summed E-state index contributed by atoms with van der Waals surface area (Å²) in [5.41, 5.74) is 1.36. The molecule has 2 fully saturated rings. The number of rotatable bonds is 4. The van der Waals surface area contributed by atoms with Crippen molar-refractivity contribution in [3.05, 3.63) is 42.6 Å². The van der Waals surface area contributed by atoms with Crippen LogP contribution in [0.25, 0.3) is 10.9 Å². The number of morpholine rings is 1. The number of H-pyrrole nitrogens is 1. The summed E-state index contributed by atoms with van der Waals surface area (Å²) in [6.07, 6.45) is 3.75. The Morgan fingerprint density at radius 2 is 2.12 bits per heavy atom.